The van der Waals surface area contributed by atoms with E-state index in [1.165, 1.54) is 11.6 Å². The Bertz CT molecular complexity index is 578. The average molecular weight is 278 g/mol. The topological polar surface area (TPSA) is 12.0 Å². The molecule has 2 rings (SSSR count). The first-order chi connectivity index (χ1) is 9.02. The van der Waals surface area contributed by atoms with Crippen molar-refractivity contribution in [3.8, 4) is 11.1 Å². The Hall–Kier alpha value is -1.38. The minimum absolute atomic E-state index is 0.269. The lowest BCUT2D eigenvalue weighted by Gasteiger charge is -2.12. The van der Waals surface area contributed by atoms with Crippen molar-refractivity contribution >= 4 is 11.6 Å². The molecule has 1 atom stereocenters. The Kier molecular flexibility index (Phi) is 4.23. The molecule has 0 saturated heterocycles. The van der Waals surface area contributed by atoms with Gasteiger partial charge < -0.3 is 5.32 Å². The van der Waals surface area contributed by atoms with Crippen LogP contribution in [0, 0.1) is 12.7 Å². The summed E-state index contributed by atoms with van der Waals surface area (Å²) in [5, 5.41) is 3.63. The lowest BCUT2D eigenvalue weighted by Crippen LogP contribution is -2.11. The summed E-state index contributed by atoms with van der Waals surface area (Å²) in [5.41, 5.74) is 3.68. The normalized spacial score (nSPS) is 12.5. The molecule has 100 valence electrons. The van der Waals surface area contributed by atoms with Gasteiger partial charge in [-0.2, -0.15) is 0 Å². The van der Waals surface area contributed by atoms with Gasteiger partial charge in [-0.1, -0.05) is 35.9 Å². The van der Waals surface area contributed by atoms with Gasteiger partial charge in [-0.15, -0.1) is 0 Å². The Morgan fingerprint density at radius 3 is 2.37 bits per heavy atom. The van der Waals surface area contributed by atoms with E-state index in [1.807, 2.05) is 19.2 Å². The summed E-state index contributed by atoms with van der Waals surface area (Å²) in [6, 6.07) is 11.6. The van der Waals surface area contributed by atoms with Crippen LogP contribution in [0.4, 0.5) is 4.39 Å². The van der Waals surface area contributed by atoms with Crippen molar-refractivity contribution in [2.45, 2.75) is 19.9 Å². The van der Waals surface area contributed by atoms with Crippen molar-refractivity contribution < 1.29 is 4.39 Å². The van der Waals surface area contributed by atoms with Crippen molar-refractivity contribution in [3.63, 3.8) is 0 Å². The molecule has 0 aliphatic heterocycles. The molecule has 0 aromatic heterocycles. The van der Waals surface area contributed by atoms with E-state index in [2.05, 4.69) is 24.4 Å². The second-order valence-corrected chi connectivity index (χ2v) is 5.12. The van der Waals surface area contributed by atoms with Crippen LogP contribution in [0.3, 0.4) is 0 Å². The summed E-state index contributed by atoms with van der Waals surface area (Å²) in [6.07, 6.45) is 0. The van der Waals surface area contributed by atoms with Crippen LogP contribution in [0.5, 0.6) is 0 Å². The summed E-state index contributed by atoms with van der Waals surface area (Å²) in [7, 11) is 1.93. The third-order valence-corrected chi connectivity index (χ3v) is 3.72. The largest absolute Gasteiger partial charge is 0.313 e. The van der Waals surface area contributed by atoms with Crippen LogP contribution in [0.1, 0.15) is 24.1 Å². The van der Waals surface area contributed by atoms with E-state index >= 15 is 0 Å². The standard InChI is InChI=1S/C16H17ClFN/c1-10-8-14(15(17)9-16(10)18)13-6-4-12(5-7-13)11(2)19-3/h4-9,11,19H,1-3H3. The van der Waals surface area contributed by atoms with E-state index in [0.717, 1.165) is 11.1 Å². The summed E-state index contributed by atoms with van der Waals surface area (Å²) in [4.78, 5) is 0. The highest BCUT2D eigenvalue weighted by molar-refractivity contribution is 6.33. The molecule has 2 aromatic carbocycles. The van der Waals surface area contributed by atoms with Gasteiger partial charge in [-0.3, -0.25) is 0 Å². The average Bonchev–Trinajstić information content (AvgIpc) is 2.42. The van der Waals surface area contributed by atoms with Crippen LogP contribution < -0.4 is 5.32 Å². The van der Waals surface area contributed by atoms with Crippen molar-refractivity contribution in [2.75, 3.05) is 7.05 Å². The van der Waals surface area contributed by atoms with Gasteiger partial charge in [0.05, 0.1) is 5.02 Å². The first-order valence-corrected chi connectivity index (χ1v) is 6.64. The molecule has 19 heavy (non-hydrogen) atoms. The lowest BCUT2D eigenvalue weighted by molar-refractivity contribution is 0.619. The molecule has 1 N–H and O–H groups in total. The number of hydrogen-bond acceptors (Lipinski definition) is 1. The molecule has 0 radical (unpaired) electrons. The van der Waals surface area contributed by atoms with E-state index in [0.29, 0.717) is 16.6 Å². The molecule has 0 aliphatic carbocycles. The number of hydrogen-bond donors (Lipinski definition) is 1. The fraction of sp³-hybridized carbons (Fsp3) is 0.250. The molecule has 1 unspecified atom stereocenters. The zero-order valence-electron chi connectivity index (χ0n) is 11.3. The molecule has 0 amide bonds. The summed E-state index contributed by atoms with van der Waals surface area (Å²) in [5.74, 6) is -0.269. The molecule has 0 heterocycles. The number of rotatable bonds is 3. The van der Waals surface area contributed by atoms with Crippen molar-refractivity contribution in [3.05, 3.63) is 58.4 Å². The Labute approximate surface area is 118 Å². The number of nitrogens with one attached hydrogen (secondary N) is 1. The SMILES string of the molecule is CNC(C)c1ccc(-c2cc(C)c(F)cc2Cl)cc1. The van der Waals surface area contributed by atoms with Crippen LogP contribution in [0.15, 0.2) is 36.4 Å². The minimum atomic E-state index is -0.269. The van der Waals surface area contributed by atoms with Gasteiger partial charge in [0, 0.05) is 11.6 Å². The first kappa shape index (κ1) is 14.0. The summed E-state index contributed by atoms with van der Waals surface area (Å²) in [6.45, 7) is 3.84. The molecule has 0 bridgehead atoms. The molecule has 0 spiro atoms. The minimum Gasteiger partial charge on any atom is -0.313 e. The van der Waals surface area contributed by atoms with Gasteiger partial charge in [0.2, 0.25) is 0 Å². The zero-order chi connectivity index (χ0) is 14.0. The first-order valence-electron chi connectivity index (χ1n) is 6.26. The van der Waals surface area contributed by atoms with Gasteiger partial charge in [0.15, 0.2) is 0 Å². The molecule has 3 heteroatoms. The maximum Gasteiger partial charge on any atom is 0.127 e. The Morgan fingerprint density at radius 1 is 1.16 bits per heavy atom. The highest BCUT2D eigenvalue weighted by atomic mass is 35.5. The number of benzene rings is 2. The Morgan fingerprint density at radius 2 is 1.79 bits per heavy atom. The fourth-order valence-corrected chi connectivity index (χ4v) is 2.26. The molecule has 0 fully saturated rings. The van der Waals surface area contributed by atoms with Crippen molar-refractivity contribution in [1.82, 2.24) is 5.32 Å². The molecule has 0 aliphatic rings. The van der Waals surface area contributed by atoms with E-state index < -0.39 is 0 Å². The molecular formula is C16H17ClFN. The van der Waals surface area contributed by atoms with Crippen LogP contribution in [-0.2, 0) is 0 Å². The monoisotopic (exact) mass is 277 g/mol. The lowest BCUT2D eigenvalue weighted by atomic mass is 10.00. The van der Waals surface area contributed by atoms with Crippen LogP contribution >= 0.6 is 11.6 Å². The number of aryl methyl sites for hydroxylation is 1. The van der Waals surface area contributed by atoms with Gasteiger partial charge in [0.25, 0.3) is 0 Å². The third-order valence-electron chi connectivity index (χ3n) is 3.40. The maximum atomic E-state index is 13.4. The van der Waals surface area contributed by atoms with Crippen LogP contribution in [-0.4, -0.2) is 7.05 Å². The molecule has 2 aromatic rings. The molecule has 1 nitrogen and oxygen atoms in total. The number of halogens is 2. The van der Waals surface area contributed by atoms with Crippen LogP contribution in [0.25, 0.3) is 11.1 Å². The van der Waals surface area contributed by atoms with E-state index in [-0.39, 0.29) is 5.82 Å². The van der Waals surface area contributed by atoms with Crippen LogP contribution in [0.2, 0.25) is 5.02 Å². The highest BCUT2D eigenvalue weighted by Gasteiger charge is 2.09. The zero-order valence-corrected chi connectivity index (χ0v) is 12.1. The third kappa shape index (κ3) is 2.96. The predicted molar refractivity (Wildman–Crippen MR) is 79.1 cm³/mol. The Balaban J connectivity index is 2.40. The fourth-order valence-electron chi connectivity index (χ4n) is 2.00. The maximum absolute atomic E-state index is 13.4. The summed E-state index contributed by atoms with van der Waals surface area (Å²) < 4.78 is 13.4. The predicted octanol–water partition coefficient (Wildman–Crippen LogP) is 4.73. The van der Waals surface area contributed by atoms with E-state index in [1.54, 1.807) is 13.0 Å². The van der Waals surface area contributed by atoms with Crippen molar-refractivity contribution in [1.29, 1.82) is 0 Å². The summed E-state index contributed by atoms with van der Waals surface area (Å²) >= 11 is 6.11. The van der Waals surface area contributed by atoms with Gasteiger partial charge in [0.1, 0.15) is 5.82 Å². The van der Waals surface area contributed by atoms with Gasteiger partial charge in [-0.25, -0.2) is 4.39 Å². The second kappa shape index (κ2) is 5.72. The molecular weight excluding hydrogens is 261 g/mol. The highest BCUT2D eigenvalue weighted by Crippen LogP contribution is 2.31. The van der Waals surface area contributed by atoms with Crippen molar-refractivity contribution in [2.24, 2.45) is 0 Å². The quantitative estimate of drug-likeness (QED) is 0.855. The van der Waals surface area contributed by atoms with Gasteiger partial charge in [-0.05, 0) is 49.7 Å². The molecule has 0 saturated carbocycles. The second-order valence-electron chi connectivity index (χ2n) is 4.71. The van der Waals surface area contributed by atoms with E-state index in [4.69, 9.17) is 11.6 Å². The van der Waals surface area contributed by atoms with Gasteiger partial charge >= 0.3 is 0 Å². The smallest absolute Gasteiger partial charge is 0.127 e. The van der Waals surface area contributed by atoms with E-state index in [9.17, 15) is 4.39 Å².